The van der Waals surface area contributed by atoms with Crippen LogP contribution in [0.1, 0.15) is 5.56 Å². The largest absolute Gasteiger partial charge is 0.454 e. The second kappa shape index (κ2) is 4.11. The van der Waals surface area contributed by atoms with Crippen LogP contribution in [0.3, 0.4) is 0 Å². The molecule has 1 aromatic rings. The summed E-state index contributed by atoms with van der Waals surface area (Å²) in [6.07, 6.45) is 2.92. The van der Waals surface area contributed by atoms with Gasteiger partial charge in [0.25, 0.3) is 0 Å². The summed E-state index contributed by atoms with van der Waals surface area (Å²) in [5.74, 6) is 1.72. The molecular weight excluding hydrogens is 198 g/mol. The Morgan fingerprint density at radius 2 is 2.29 bits per heavy atom. The predicted molar refractivity (Wildman–Crippen MR) is 57.1 cm³/mol. The number of fused-ring (bicyclic) bond motifs is 1. The molecule has 1 aliphatic rings. The third-order valence-corrected chi connectivity index (χ3v) is 3.05. The summed E-state index contributed by atoms with van der Waals surface area (Å²) in [5.41, 5.74) is 6.79. The molecule has 1 heterocycles. The Kier molecular flexibility index (Phi) is 2.84. The highest BCUT2D eigenvalue weighted by atomic mass is 32.2. The van der Waals surface area contributed by atoms with Gasteiger partial charge in [-0.05, 0) is 30.9 Å². The second-order valence-corrected chi connectivity index (χ2v) is 3.85. The average Bonchev–Trinajstić information content (AvgIpc) is 2.66. The van der Waals surface area contributed by atoms with E-state index >= 15 is 0 Å². The van der Waals surface area contributed by atoms with Crippen molar-refractivity contribution in [3.05, 3.63) is 17.7 Å². The van der Waals surface area contributed by atoms with E-state index in [1.54, 1.807) is 11.8 Å². The maximum Gasteiger partial charge on any atom is 0.231 e. The van der Waals surface area contributed by atoms with Crippen LogP contribution < -0.4 is 15.2 Å². The van der Waals surface area contributed by atoms with Crippen molar-refractivity contribution in [1.82, 2.24) is 0 Å². The Hall–Kier alpha value is -0.870. The molecule has 14 heavy (non-hydrogen) atoms. The number of thioether (sulfide) groups is 1. The van der Waals surface area contributed by atoms with Crippen LogP contribution in [0.25, 0.3) is 0 Å². The van der Waals surface area contributed by atoms with Crippen LogP contribution in [0.5, 0.6) is 11.5 Å². The molecule has 4 heteroatoms. The van der Waals surface area contributed by atoms with E-state index in [-0.39, 0.29) is 0 Å². The van der Waals surface area contributed by atoms with Crippen LogP contribution in [-0.4, -0.2) is 19.6 Å². The molecule has 0 bridgehead atoms. The van der Waals surface area contributed by atoms with Crippen LogP contribution in [0.4, 0.5) is 0 Å². The first-order chi connectivity index (χ1) is 6.86. The quantitative estimate of drug-likeness (QED) is 0.772. The average molecular weight is 211 g/mol. The van der Waals surface area contributed by atoms with Gasteiger partial charge in [0.15, 0.2) is 11.5 Å². The van der Waals surface area contributed by atoms with Gasteiger partial charge in [-0.25, -0.2) is 0 Å². The zero-order valence-corrected chi connectivity index (χ0v) is 8.89. The van der Waals surface area contributed by atoms with Gasteiger partial charge in [-0.15, -0.1) is 11.8 Å². The van der Waals surface area contributed by atoms with Crippen LogP contribution in [0, 0.1) is 0 Å². The van der Waals surface area contributed by atoms with Gasteiger partial charge in [0.05, 0.1) is 4.90 Å². The standard InChI is InChI=1S/C10H13NO2S/c1-14-10-7(4-5-11)2-3-8-9(10)13-6-12-8/h2-3H,4-6,11H2,1H3. The lowest BCUT2D eigenvalue weighted by Crippen LogP contribution is -2.03. The van der Waals surface area contributed by atoms with Gasteiger partial charge in [-0.3, -0.25) is 0 Å². The van der Waals surface area contributed by atoms with Crippen molar-refractivity contribution in [2.45, 2.75) is 11.3 Å². The normalized spacial score (nSPS) is 13.3. The third kappa shape index (κ3) is 1.55. The van der Waals surface area contributed by atoms with E-state index in [1.807, 2.05) is 12.3 Å². The van der Waals surface area contributed by atoms with Gasteiger partial charge in [0.2, 0.25) is 6.79 Å². The molecule has 1 aromatic carbocycles. The molecule has 2 rings (SSSR count). The Balaban J connectivity index is 2.43. The van der Waals surface area contributed by atoms with Crippen molar-refractivity contribution >= 4 is 11.8 Å². The molecule has 3 nitrogen and oxygen atoms in total. The minimum atomic E-state index is 0.328. The Morgan fingerprint density at radius 1 is 1.43 bits per heavy atom. The van der Waals surface area contributed by atoms with Crippen molar-refractivity contribution in [2.24, 2.45) is 5.73 Å². The molecular formula is C10H13NO2S. The maximum atomic E-state index is 5.55. The zero-order chi connectivity index (χ0) is 9.97. The fourth-order valence-electron chi connectivity index (χ4n) is 1.56. The van der Waals surface area contributed by atoms with Crippen molar-refractivity contribution in [3.8, 4) is 11.5 Å². The minimum absolute atomic E-state index is 0.328. The molecule has 2 N–H and O–H groups in total. The SMILES string of the molecule is CSc1c(CCN)ccc2c1OCO2. The molecule has 0 atom stereocenters. The Bertz CT molecular complexity index is 341. The predicted octanol–water partition coefficient (Wildman–Crippen LogP) is 1.64. The minimum Gasteiger partial charge on any atom is -0.454 e. The highest BCUT2D eigenvalue weighted by Gasteiger charge is 2.19. The summed E-state index contributed by atoms with van der Waals surface area (Å²) < 4.78 is 10.7. The summed E-state index contributed by atoms with van der Waals surface area (Å²) in [6.45, 7) is 0.988. The molecule has 0 saturated heterocycles. The lowest BCUT2D eigenvalue weighted by Gasteiger charge is -2.08. The number of hydrogen-bond acceptors (Lipinski definition) is 4. The Morgan fingerprint density at radius 3 is 3.00 bits per heavy atom. The third-order valence-electron chi connectivity index (χ3n) is 2.19. The summed E-state index contributed by atoms with van der Waals surface area (Å²) >= 11 is 1.68. The first-order valence-electron chi connectivity index (χ1n) is 4.52. The lowest BCUT2D eigenvalue weighted by molar-refractivity contribution is 0.172. The van der Waals surface area contributed by atoms with E-state index in [0.717, 1.165) is 22.8 Å². The first kappa shape index (κ1) is 9.68. The molecule has 1 aliphatic heterocycles. The smallest absolute Gasteiger partial charge is 0.231 e. The van der Waals surface area contributed by atoms with E-state index in [1.165, 1.54) is 5.56 Å². The summed E-state index contributed by atoms with van der Waals surface area (Å²) in [5, 5.41) is 0. The van der Waals surface area contributed by atoms with E-state index in [2.05, 4.69) is 6.07 Å². The van der Waals surface area contributed by atoms with Gasteiger partial charge in [-0.1, -0.05) is 6.07 Å². The van der Waals surface area contributed by atoms with Crippen molar-refractivity contribution < 1.29 is 9.47 Å². The molecule has 0 unspecified atom stereocenters. The van der Waals surface area contributed by atoms with E-state index < -0.39 is 0 Å². The molecule has 0 radical (unpaired) electrons. The van der Waals surface area contributed by atoms with E-state index in [0.29, 0.717) is 13.3 Å². The van der Waals surface area contributed by atoms with Crippen LogP contribution in [0.15, 0.2) is 17.0 Å². The number of rotatable bonds is 3. The molecule has 0 spiro atoms. The van der Waals surface area contributed by atoms with Gasteiger partial charge < -0.3 is 15.2 Å². The number of nitrogens with two attached hydrogens (primary N) is 1. The molecule has 0 amide bonds. The Labute approximate surface area is 87.6 Å². The summed E-state index contributed by atoms with van der Waals surface area (Å²) in [6, 6.07) is 4.01. The number of ether oxygens (including phenoxy) is 2. The van der Waals surface area contributed by atoms with Crippen molar-refractivity contribution in [3.63, 3.8) is 0 Å². The van der Waals surface area contributed by atoms with E-state index in [9.17, 15) is 0 Å². The number of hydrogen-bond donors (Lipinski definition) is 1. The molecule has 0 saturated carbocycles. The fraction of sp³-hybridized carbons (Fsp3) is 0.400. The fourth-order valence-corrected chi connectivity index (χ4v) is 2.34. The van der Waals surface area contributed by atoms with Crippen LogP contribution in [0.2, 0.25) is 0 Å². The molecule has 0 aliphatic carbocycles. The monoisotopic (exact) mass is 211 g/mol. The van der Waals surface area contributed by atoms with Crippen LogP contribution >= 0.6 is 11.8 Å². The molecule has 0 fully saturated rings. The number of benzene rings is 1. The highest BCUT2D eigenvalue weighted by molar-refractivity contribution is 7.98. The van der Waals surface area contributed by atoms with Gasteiger partial charge in [-0.2, -0.15) is 0 Å². The maximum absolute atomic E-state index is 5.55. The second-order valence-electron chi connectivity index (χ2n) is 3.03. The van der Waals surface area contributed by atoms with E-state index in [4.69, 9.17) is 15.2 Å². The molecule has 76 valence electrons. The highest BCUT2D eigenvalue weighted by Crippen LogP contribution is 2.42. The summed E-state index contributed by atoms with van der Waals surface area (Å²) in [7, 11) is 0. The van der Waals surface area contributed by atoms with Crippen LogP contribution in [-0.2, 0) is 6.42 Å². The van der Waals surface area contributed by atoms with Gasteiger partial charge in [0, 0.05) is 0 Å². The summed E-state index contributed by atoms with van der Waals surface area (Å²) in [4.78, 5) is 1.16. The van der Waals surface area contributed by atoms with Gasteiger partial charge in [0.1, 0.15) is 0 Å². The topological polar surface area (TPSA) is 44.5 Å². The van der Waals surface area contributed by atoms with Crippen molar-refractivity contribution in [2.75, 3.05) is 19.6 Å². The van der Waals surface area contributed by atoms with Crippen molar-refractivity contribution in [1.29, 1.82) is 0 Å². The lowest BCUT2D eigenvalue weighted by atomic mass is 10.1. The zero-order valence-electron chi connectivity index (χ0n) is 8.08. The first-order valence-corrected chi connectivity index (χ1v) is 5.75. The molecule has 0 aromatic heterocycles. The van der Waals surface area contributed by atoms with Gasteiger partial charge >= 0.3 is 0 Å².